The highest BCUT2D eigenvalue weighted by Crippen LogP contribution is 2.28. The van der Waals surface area contributed by atoms with Crippen LogP contribution in [0.1, 0.15) is 33.3 Å². The molecule has 0 radical (unpaired) electrons. The maximum atomic E-state index is 12.0. The summed E-state index contributed by atoms with van der Waals surface area (Å²) in [5.41, 5.74) is 1.12. The van der Waals surface area contributed by atoms with Crippen LogP contribution in [-0.2, 0) is 17.8 Å². The molecule has 20 heavy (non-hydrogen) atoms. The van der Waals surface area contributed by atoms with Crippen molar-refractivity contribution in [2.24, 2.45) is 0 Å². The van der Waals surface area contributed by atoms with Gasteiger partial charge in [-0.3, -0.25) is 0 Å². The van der Waals surface area contributed by atoms with Crippen LogP contribution in [0.3, 0.4) is 0 Å². The fourth-order valence-electron chi connectivity index (χ4n) is 1.76. The van der Waals surface area contributed by atoms with E-state index in [-0.39, 0.29) is 10.8 Å². The fourth-order valence-corrected chi connectivity index (χ4v) is 2.56. The summed E-state index contributed by atoms with van der Waals surface area (Å²) in [4.78, 5) is 0. The van der Waals surface area contributed by atoms with Gasteiger partial charge in [0.05, 0.1) is 20.3 Å². The first-order chi connectivity index (χ1) is 9.27. The SMILES string of the molecule is COc1ccc(C[C@H](C)N[S+]([O-])C(C)(C)C)cc1OC. The molecule has 0 heterocycles. The molecule has 4 nitrogen and oxygen atoms in total. The van der Waals surface area contributed by atoms with E-state index in [1.165, 1.54) is 0 Å². The number of benzene rings is 1. The Bertz CT molecular complexity index is 432. The van der Waals surface area contributed by atoms with Gasteiger partial charge in [0.1, 0.15) is 4.75 Å². The minimum Gasteiger partial charge on any atom is -0.598 e. The third kappa shape index (κ3) is 4.89. The van der Waals surface area contributed by atoms with Crippen molar-refractivity contribution in [1.82, 2.24) is 4.72 Å². The highest BCUT2D eigenvalue weighted by Gasteiger charge is 2.27. The van der Waals surface area contributed by atoms with Crippen molar-refractivity contribution in [3.8, 4) is 11.5 Å². The number of rotatable bonds is 6. The summed E-state index contributed by atoms with van der Waals surface area (Å²) < 4.78 is 25.4. The Balaban J connectivity index is 2.69. The van der Waals surface area contributed by atoms with Crippen LogP contribution in [0, 0.1) is 0 Å². The molecule has 0 saturated carbocycles. The molecule has 5 heteroatoms. The minimum atomic E-state index is -1.06. The van der Waals surface area contributed by atoms with Gasteiger partial charge >= 0.3 is 0 Å². The Morgan fingerprint density at radius 2 is 1.80 bits per heavy atom. The maximum absolute atomic E-state index is 12.0. The van der Waals surface area contributed by atoms with Crippen LogP contribution >= 0.6 is 0 Å². The smallest absolute Gasteiger partial charge is 0.160 e. The lowest BCUT2D eigenvalue weighted by Crippen LogP contribution is -2.44. The van der Waals surface area contributed by atoms with Gasteiger partial charge in [0.15, 0.2) is 11.5 Å². The quantitative estimate of drug-likeness (QED) is 0.821. The highest BCUT2D eigenvalue weighted by molar-refractivity contribution is 7.90. The van der Waals surface area contributed by atoms with Crippen LogP contribution in [0.2, 0.25) is 0 Å². The number of ether oxygens (including phenoxy) is 2. The number of nitrogens with one attached hydrogen (secondary N) is 1. The molecule has 1 unspecified atom stereocenters. The van der Waals surface area contributed by atoms with Crippen molar-refractivity contribution < 1.29 is 14.0 Å². The largest absolute Gasteiger partial charge is 0.598 e. The van der Waals surface area contributed by atoms with Crippen molar-refractivity contribution >= 4 is 11.4 Å². The second-order valence-electron chi connectivity index (χ2n) is 5.79. The zero-order valence-corrected chi connectivity index (χ0v) is 14.0. The van der Waals surface area contributed by atoms with Crippen LogP contribution in [0.4, 0.5) is 0 Å². The van der Waals surface area contributed by atoms with Gasteiger partial charge in [-0.05, 0) is 51.8 Å². The molecule has 0 spiro atoms. The number of hydrogen-bond acceptors (Lipinski definition) is 4. The first-order valence-electron chi connectivity index (χ1n) is 6.67. The predicted molar refractivity (Wildman–Crippen MR) is 83.7 cm³/mol. The molecule has 0 aliphatic heterocycles. The van der Waals surface area contributed by atoms with Crippen LogP contribution in [0.15, 0.2) is 18.2 Å². The Morgan fingerprint density at radius 1 is 1.20 bits per heavy atom. The fraction of sp³-hybridized carbons (Fsp3) is 0.600. The van der Waals surface area contributed by atoms with Gasteiger partial charge in [-0.15, -0.1) is 4.72 Å². The Kier molecular flexibility index (Phi) is 6.17. The summed E-state index contributed by atoms with van der Waals surface area (Å²) in [5.74, 6) is 1.43. The van der Waals surface area contributed by atoms with Gasteiger partial charge < -0.3 is 14.0 Å². The molecule has 0 fully saturated rings. The molecule has 0 bridgehead atoms. The van der Waals surface area contributed by atoms with Crippen LogP contribution < -0.4 is 14.2 Å². The average Bonchev–Trinajstić information content (AvgIpc) is 2.37. The van der Waals surface area contributed by atoms with Gasteiger partial charge in [-0.25, -0.2) is 0 Å². The van der Waals surface area contributed by atoms with Crippen molar-refractivity contribution in [2.75, 3.05) is 14.2 Å². The monoisotopic (exact) mass is 299 g/mol. The van der Waals surface area contributed by atoms with E-state index in [2.05, 4.69) is 4.72 Å². The van der Waals surface area contributed by atoms with Crippen LogP contribution in [0.5, 0.6) is 11.5 Å². The maximum Gasteiger partial charge on any atom is 0.160 e. The van der Waals surface area contributed by atoms with E-state index in [4.69, 9.17) is 9.47 Å². The second kappa shape index (κ2) is 7.20. The molecule has 1 aromatic rings. The zero-order valence-electron chi connectivity index (χ0n) is 13.1. The number of hydrogen-bond donors (Lipinski definition) is 1. The van der Waals surface area contributed by atoms with Gasteiger partial charge in [-0.2, -0.15) is 0 Å². The average molecular weight is 299 g/mol. The van der Waals surface area contributed by atoms with Gasteiger partial charge in [0, 0.05) is 11.4 Å². The van der Waals surface area contributed by atoms with E-state index < -0.39 is 11.4 Å². The van der Waals surface area contributed by atoms with E-state index >= 15 is 0 Å². The van der Waals surface area contributed by atoms with Crippen LogP contribution in [0.25, 0.3) is 0 Å². The lowest BCUT2D eigenvalue weighted by atomic mass is 10.1. The van der Waals surface area contributed by atoms with Gasteiger partial charge in [0.2, 0.25) is 0 Å². The topological polar surface area (TPSA) is 53.5 Å². The van der Waals surface area contributed by atoms with Crippen molar-refractivity contribution in [1.29, 1.82) is 0 Å². The van der Waals surface area contributed by atoms with Crippen molar-refractivity contribution in [3.05, 3.63) is 23.8 Å². The molecule has 2 atom stereocenters. The van der Waals surface area contributed by atoms with E-state index in [1.807, 2.05) is 45.9 Å². The van der Waals surface area contributed by atoms with E-state index in [1.54, 1.807) is 14.2 Å². The van der Waals surface area contributed by atoms with Crippen molar-refractivity contribution in [3.63, 3.8) is 0 Å². The Hall–Kier alpha value is -0.910. The summed E-state index contributed by atoms with van der Waals surface area (Å²) in [6.07, 6.45) is 0.780. The third-order valence-corrected chi connectivity index (χ3v) is 4.58. The highest BCUT2D eigenvalue weighted by atomic mass is 32.2. The molecule has 1 aromatic carbocycles. The summed E-state index contributed by atoms with van der Waals surface area (Å²) in [6, 6.07) is 5.96. The second-order valence-corrected chi connectivity index (χ2v) is 7.79. The molecular formula is C15H25NO3S. The molecule has 114 valence electrons. The van der Waals surface area contributed by atoms with E-state index in [0.717, 1.165) is 17.7 Å². The number of methoxy groups -OCH3 is 2. The van der Waals surface area contributed by atoms with Gasteiger partial charge in [0.25, 0.3) is 0 Å². The third-order valence-electron chi connectivity index (χ3n) is 2.85. The molecule has 0 aliphatic carbocycles. The normalized spacial score (nSPS) is 14.8. The van der Waals surface area contributed by atoms with Gasteiger partial charge in [-0.1, -0.05) is 6.07 Å². The molecule has 0 amide bonds. The summed E-state index contributed by atoms with van der Waals surface area (Å²) in [6.45, 7) is 7.90. The summed E-state index contributed by atoms with van der Waals surface area (Å²) >= 11 is -1.06. The summed E-state index contributed by atoms with van der Waals surface area (Å²) in [5, 5.41) is 0. The molecule has 0 aromatic heterocycles. The zero-order chi connectivity index (χ0) is 15.3. The van der Waals surface area contributed by atoms with E-state index in [0.29, 0.717) is 5.75 Å². The molecule has 1 N–H and O–H groups in total. The predicted octanol–water partition coefficient (Wildman–Crippen LogP) is 2.69. The molecular weight excluding hydrogens is 274 g/mol. The Morgan fingerprint density at radius 3 is 2.30 bits per heavy atom. The van der Waals surface area contributed by atoms with Crippen LogP contribution in [-0.4, -0.2) is 29.6 Å². The molecule has 0 saturated heterocycles. The first kappa shape index (κ1) is 17.1. The summed E-state index contributed by atoms with van der Waals surface area (Å²) in [7, 11) is 3.24. The van der Waals surface area contributed by atoms with Crippen molar-refractivity contribution in [2.45, 2.75) is 44.9 Å². The molecule has 0 aliphatic rings. The lowest BCUT2D eigenvalue weighted by Gasteiger charge is -2.26. The first-order valence-corrected chi connectivity index (χ1v) is 7.82. The van der Waals surface area contributed by atoms with E-state index in [9.17, 15) is 4.55 Å². The minimum absolute atomic E-state index is 0.119. The Labute approximate surface area is 125 Å². The lowest BCUT2D eigenvalue weighted by molar-refractivity contribution is 0.354. The molecule has 1 rings (SSSR count). The standard InChI is InChI=1S/C15H25NO3S/c1-11(16-20(17)15(2,3)4)9-12-7-8-13(18-5)14(10-12)19-6/h7-8,10-11,16H,9H2,1-6H3/t11-,20?/m0/s1.